The fourth-order valence-electron chi connectivity index (χ4n) is 3.80. The van der Waals surface area contributed by atoms with Crippen molar-refractivity contribution in [2.75, 3.05) is 13.2 Å². The Kier molecular flexibility index (Phi) is 7.81. The van der Waals surface area contributed by atoms with Gasteiger partial charge in [-0.3, -0.25) is 4.79 Å². The predicted octanol–water partition coefficient (Wildman–Crippen LogP) is 6.78. The molecule has 0 N–H and O–H groups in total. The van der Waals surface area contributed by atoms with Crippen molar-refractivity contribution in [3.05, 3.63) is 76.4 Å². The topological polar surface area (TPSA) is 44.8 Å². The molecule has 0 spiro atoms. The van der Waals surface area contributed by atoms with E-state index in [1.165, 1.54) is 0 Å². The zero-order chi connectivity index (χ0) is 24.2. The van der Waals surface area contributed by atoms with Gasteiger partial charge in [0, 0.05) is 11.0 Å². The fourth-order valence-corrected chi connectivity index (χ4v) is 3.80. The number of esters is 1. The zero-order valence-electron chi connectivity index (χ0n) is 21.1. The van der Waals surface area contributed by atoms with E-state index in [0.29, 0.717) is 19.6 Å². The summed E-state index contributed by atoms with van der Waals surface area (Å²) >= 11 is 0. The second kappa shape index (κ2) is 10.2. The van der Waals surface area contributed by atoms with Crippen molar-refractivity contribution < 1.29 is 19.0 Å². The van der Waals surface area contributed by atoms with E-state index in [1.54, 1.807) is 0 Å². The van der Waals surface area contributed by atoms with Crippen LogP contribution in [-0.2, 0) is 19.0 Å². The second-order valence-electron chi connectivity index (χ2n) is 10.5. The SMILES string of the molecule is CCC(C)(C)C(=O)OC(c1ccccc1)c1cc(C)cc(C)c1C=CC1OCC(C)(C)CO1. The Hall–Kier alpha value is -2.43. The molecule has 1 atom stereocenters. The molecule has 3 rings (SSSR count). The van der Waals surface area contributed by atoms with Crippen LogP contribution in [0.25, 0.3) is 6.08 Å². The molecule has 1 unspecified atom stereocenters. The first-order valence-electron chi connectivity index (χ1n) is 11.8. The van der Waals surface area contributed by atoms with Crippen LogP contribution in [0.2, 0.25) is 0 Å². The molecule has 1 saturated heterocycles. The lowest BCUT2D eigenvalue weighted by molar-refractivity contribution is -0.197. The Bertz CT molecular complexity index is 978. The summed E-state index contributed by atoms with van der Waals surface area (Å²) in [5.74, 6) is -0.200. The Morgan fingerprint density at radius 1 is 1.15 bits per heavy atom. The van der Waals surface area contributed by atoms with Crippen LogP contribution in [0, 0.1) is 24.7 Å². The maximum absolute atomic E-state index is 13.1. The molecule has 0 aliphatic carbocycles. The minimum Gasteiger partial charge on any atom is -0.452 e. The standard InChI is InChI=1S/C29H38O4/c1-8-29(6,7)27(30)33-26(22-12-10-9-11-13-22)24-17-20(2)16-21(3)23(24)14-15-25-31-18-28(4,5)19-32-25/h9-17,25-26H,8,18-19H2,1-7H3. The first-order valence-corrected chi connectivity index (χ1v) is 11.8. The van der Waals surface area contributed by atoms with Crippen LogP contribution >= 0.6 is 0 Å². The Morgan fingerprint density at radius 2 is 1.79 bits per heavy atom. The lowest BCUT2D eigenvalue weighted by Gasteiger charge is -2.33. The van der Waals surface area contributed by atoms with Crippen LogP contribution in [0.4, 0.5) is 0 Å². The van der Waals surface area contributed by atoms with Gasteiger partial charge in [-0.05, 0) is 56.9 Å². The Balaban J connectivity index is 2.01. The summed E-state index contributed by atoms with van der Waals surface area (Å²) in [5, 5.41) is 0. The minimum atomic E-state index is -0.557. The highest BCUT2D eigenvalue weighted by Gasteiger charge is 2.32. The van der Waals surface area contributed by atoms with E-state index in [9.17, 15) is 4.79 Å². The minimum absolute atomic E-state index is 0.0218. The molecule has 0 bridgehead atoms. The lowest BCUT2D eigenvalue weighted by atomic mass is 9.89. The molecule has 33 heavy (non-hydrogen) atoms. The van der Waals surface area contributed by atoms with E-state index in [-0.39, 0.29) is 17.7 Å². The maximum atomic E-state index is 13.1. The average Bonchev–Trinajstić information content (AvgIpc) is 2.77. The molecule has 2 aromatic rings. The fraction of sp³-hybridized carbons (Fsp3) is 0.483. The van der Waals surface area contributed by atoms with E-state index in [4.69, 9.17) is 14.2 Å². The molecule has 0 amide bonds. The molecule has 1 aliphatic heterocycles. The average molecular weight is 451 g/mol. The predicted molar refractivity (Wildman–Crippen MR) is 133 cm³/mol. The van der Waals surface area contributed by atoms with Gasteiger partial charge in [0.2, 0.25) is 0 Å². The van der Waals surface area contributed by atoms with E-state index >= 15 is 0 Å². The number of carbonyl (C=O) groups excluding carboxylic acids is 1. The molecule has 1 fully saturated rings. The second-order valence-corrected chi connectivity index (χ2v) is 10.5. The van der Waals surface area contributed by atoms with Gasteiger partial charge in [-0.2, -0.15) is 0 Å². The highest BCUT2D eigenvalue weighted by Crippen LogP contribution is 2.35. The number of benzene rings is 2. The Morgan fingerprint density at radius 3 is 2.39 bits per heavy atom. The largest absolute Gasteiger partial charge is 0.452 e. The summed E-state index contributed by atoms with van der Waals surface area (Å²) in [6, 6.07) is 14.2. The van der Waals surface area contributed by atoms with Crippen molar-refractivity contribution in [3.8, 4) is 0 Å². The van der Waals surface area contributed by atoms with Crippen molar-refractivity contribution in [1.29, 1.82) is 0 Å². The van der Waals surface area contributed by atoms with Crippen molar-refractivity contribution >= 4 is 12.0 Å². The van der Waals surface area contributed by atoms with Crippen molar-refractivity contribution in [2.45, 2.75) is 67.3 Å². The molecule has 178 valence electrons. The lowest BCUT2D eigenvalue weighted by Crippen LogP contribution is -2.36. The molecule has 1 aliphatic rings. The van der Waals surface area contributed by atoms with Crippen LogP contribution < -0.4 is 0 Å². The van der Waals surface area contributed by atoms with Crippen LogP contribution in [0.3, 0.4) is 0 Å². The van der Waals surface area contributed by atoms with Crippen LogP contribution in [-0.4, -0.2) is 25.5 Å². The third kappa shape index (κ3) is 6.33. The number of aryl methyl sites for hydroxylation is 2. The molecule has 4 heteroatoms. The first kappa shape index (κ1) is 25.2. The Labute approximate surface area is 198 Å². The molecular formula is C29H38O4. The van der Waals surface area contributed by atoms with Crippen LogP contribution in [0.15, 0.2) is 48.5 Å². The highest BCUT2D eigenvalue weighted by atomic mass is 16.7. The molecule has 1 heterocycles. The summed E-state index contributed by atoms with van der Waals surface area (Å²) < 4.78 is 18.0. The molecule has 4 nitrogen and oxygen atoms in total. The van der Waals surface area contributed by atoms with Crippen LogP contribution in [0.5, 0.6) is 0 Å². The third-order valence-corrected chi connectivity index (χ3v) is 6.31. The van der Waals surface area contributed by atoms with Crippen molar-refractivity contribution in [2.24, 2.45) is 10.8 Å². The first-order chi connectivity index (χ1) is 15.5. The molecule has 0 aromatic heterocycles. The number of carbonyl (C=O) groups is 1. The van der Waals surface area contributed by atoms with Crippen molar-refractivity contribution in [1.82, 2.24) is 0 Å². The van der Waals surface area contributed by atoms with Gasteiger partial charge in [-0.15, -0.1) is 0 Å². The van der Waals surface area contributed by atoms with E-state index in [0.717, 1.165) is 27.8 Å². The highest BCUT2D eigenvalue weighted by molar-refractivity contribution is 5.76. The normalized spacial score (nSPS) is 17.8. The number of hydrogen-bond acceptors (Lipinski definition) is 4. The number of rotatable bonds is 7. The summed E-state index contributed by atoms with van der Waals surface area (Å²) in [7, 11) is 0. The van der Waals surface area contributed by atoms with E-state index < -0.39 is 11.5 Å². The van der Waals surface area contributed by atoms with Gasteiger partial charge in [0.05, 0.1) is 18.6 Å². The van der Waals surface area contributed by atoms with Gasteiger partial charge < -0.3 is 14.2 Å². The summed E-state index contributed by atoms with van der Waals surface area (Å²) in [6.45, 7) is 15.6. The van der Waals surface area contributed by atoms with Gasteiger partial charge in [-0.25, -0.2) is 0 Å². The summed E-state index contributed by atoms with van der Waals surface area (Å²) in [6.07, 6.45) is 3.82. The third-order valence-electron chi connectivity index (χ3n) is 6.31. The van der Waals surface area contributed by atoms with E-state index in [1.807, 2.05) is 63.3 Å². The molecular weight excluding hydrogens is 412 g/mol. The molecule has 0 saturated carbocycles. The monoisotopic (exact) mass is 450 g/mol. The molecule has 0 radical (unpaired) electrons. The zero-order valence-corrected chi connectivity index (χ0v) is 21.1. The van der Waals surface area contributed by atoms with Gasteiger partial charge in [-0.1, -0.05) is 74.9 Å². The van der Waals surface area contributed by atoms with Crippen LogP contribution in [0.1, 0.15) is 75.0 Å². The van der Waals surface area contributed by atoms with Crippen molar-refractivity contribution in [3.63, 3.8) is 0 Å². The number of ether oxygens (including phenoxy) is 3. The quantitative estimate of drug-likeness (QED) is 0.436. The number of hydrogen-bond donors (Lipinski definition) is 0. The maximum Gasteiger partial charge on any atom is 0.312 e. The summed E-state index contributed by atoms with van der Waals surface area (Å²) in [5.41, 5.74) is 4.64. The van der Waals surface area contributed by atoms with E-state index in [2.05, 4.69) is 39.8 Å². The smallest absolute Gasteiger partial charge is 0.312 e. The van der Waals surface area contributed by atoms with Gasteiger partial charge in [0.15, 0.2) is 12.4 Å². The summed E-state index contributed by atoms with van der Waals surface area (Å²) in [4.78, 5) is 13.1. The van der Waals surface area contributed by atoms with Gasteiger partial charge in [0.25, 0.3) is 0 Å². The van der Waals surface area contributed by atoms with Gasteiger partial charge in [0.1, 0.15) is 0 Å². The molecule has 2 aromatic carbocycles. The van der Waals surface area contributed by atoms with Gasteiger partial charge >= 0.3 is 5.97 Å².